The van der Waals surface area contributed by atoms with Crippen LogP contribution in [-0.4, -0.2) is 23.6 Å². The van der Waals surface area contributed by atoms with E-state index in [0.29, 0.717) is 12.8 Å². The van der Waals surface area contributed by atoms with E-state index >= 15 is 4.39 Å². The van der Waals surface area contributed by atoms with Gasteiger partial charge in [0.15, 0.2) is 17.5 Å². The summed E-state index contributed by atoms with van der Waals surface area (Å²) >= 11 is 0. The normalized spacial score (nSPS) is 11.3. The van der Waals surface area contributed by atoms with Crippen LogP contribution in [0.2, 0.25) is 0 Å². The van der Waals surface area contributed by atoms with Gasteiger partial charge in [0.25, 0.3) is 0 Å². The number of aromatic nitrogens is 1. The second-order valence-electron chi connectivity index (χ2n) is 7.94. The van der Waals surface area contributed by atoms with Gasteiger partial charge in [0.1, 0.15) is 5.69 Å². The number of benzene rings is 1. The number of unbranched alkanes of at least 4 members (excludes halogenated alkanes) is 7. The third-order valence-corrected chi connectivity index (χ3v) is 5.49. The predicted molar refractivity (Wildman–Crippen MR) is 117 cm³/mol. The number of anilines is 1. The third kappa shape index (κ3) is 6.03. The number of aryl methyl sites for hydroxylation is 1. The van der Waals surface area contributed by atoms with E-state index < -0.39 is 51.0 Å². The number of aromatic carboxylic acids is 1. The number of carbonyl (C=O) groups is 1. The highest BCUT2D eigenvalue weighted by Crippen LogP contribution is 2.30. The lowest BCUT2D eigenvalue weighted by Crippen LogP contribution is -2.31. The SMILES string of the molecule is CCCCCCCCCCn1cc(C(=O)[O-])c(=O)c2c(F)c(F)c(NCCCN)c(F)c21. The molecule has 2 aromatic rings. The number of carboxylic acids is 1. The molecule has 0 radical (unpaired) electrons. The lowest BCUT2D eigenvalue weighted by atomic mass is 10.1. The van der Waals surface area contributed by atoms with E-state index in [1.54, 1.807) is 0 Å². The van der Waals surface area contributed by atoms with Gasteiger partial charge in [-0.3, -0.25) is 4.79 Å². The van der Waals surface area contributed by atoms with E-state index in [2.05, 4.69) is 12.2 Å². The first-order valence-electron chi connectivity index (χ1n) is 11.2. The van der Waals surface area contributed by atoms with Gasteiger partial charge in [-0.25, -0.2) is 13.2 Å². The molecule has 1 heterocycles. The Morgan fingerprint density at radius 2 is 1.62 bits per heavy atom. The van der Waals surface area contributed by atoms with E-state index in [0.717, 1.165) is 38.3 Å². The zero-order chi connectivity index (χ0) is 23.7. The molecule has 9 heteroatoms. The Morgan fingerprint density at radius 1 is 1.00 bits per heavy atom. The van der Waals surface area contributed by atoms with Gasteiger partial charge < -0.3 is 25.5 Å². The topological polar surface area (TPSA) is 100 Å². The van der Waals surface area contributed by atoms with Crippen molar-refractivity contribution in [2.24, 2.45) is 5.73 Å². The molecule has 0 saturated carbocycles. The Balaban J connectivity index is 2.38. The molecule has 0 unspecified atom stereocenters. The van der Waals surface area contributed by atoms with Crippen molar-refractivity contribution in [3.63, 3.8) is 0 Å². The number of carboxylic acid groups (broad SMARTS) is 1. The van der Waals surface area contributed by atoms with Crippen LogP contribution < -0.4 is 21.6 Å². The van der Waals surface area contributed by atoms with Crippen molar-refractivity contribution < 1.29 is 23.1 Å². The summed E-state index contributed by atoms with van der Waals surface area (Å²) in [6, 6.07) is 0. The Hall–Kier alpha value is -2.55. The van der Waals surface area contributed by atoms with E-state index in [-0.39, 0.29) is 19.6 Å². The maximum atomic E-state index is 15.2. The van der Waals surface area contributed by atoms with Crippen molar-refractivity contribution in [2.75, 3.05) is 18.4 Å². The Morgan fingerprint density at radius 3 is 2.22 bits per heavy atom. The van der Waals surface area contributed by atoms with E-state index in [9.17, 15) is 23.5 Å². The molecule has 0 amide bonds. The number of hydrogen-bond acceptors (Lipinski definition) is 5. The first-order chi connectivity index (χ1) is 15.3. The van der Waals surface area contributed by atoms with Crippen molar-refractivity contribution in [2.45, 2.75) is 71.3 Å². The summed E-state index contributed by atoms with van der Waals surface area (Å²) in [4.78, 5) is 23.9. The number of hydrogen-bond donors (Lipinski definition) is 2. The quantitative estimate of drug-likeness (QED) is 0.335. The van der Waals surface area contributed by atoms with E-state index in [1.807, 2.05) is 0 Å². The lowest BCUT2D eigenvalue weighted by molar-refractivity contribution is -0.255. The highest BCUT2D eigenvalue weighted by molar-refractivity contribution is 5.93. The number of nitrogens with one attached hydrogen (secondary N) is 1. The van der Waals surface area contributed by atoms with Crippen LogP contribution in [-0.2, 0) is 6.54 Å². The molecule has 0 aliphatic carbocycles. The van der Waals surface area contributed by atoms with Crippen LogP contribution in [0.5, 0.6) is 0 Å². The number of carbonyl (C=O) groups excluding carboxylic acids is 1. The van der Waals surface area contributed by atoms with Crippen molar-refractivity contribution in [3.05, 3.63) is 39.4 Å². The van der Waals surface area contributed by atoms with Gasteiger partial charge in [-0.05, 0) is 19.4 Å². The van der Waals surface area contributed by atoms with Gasteiger partial charge in [0, 0.05) is 19.3 Å². The summed E-state index contributed by atoms with van der Waals surface area (Å²) < 4.78 is 45.7. The van der Waals surface area contributed by atoms with E-state index in [1.165, 1.54) is 17.4 Å². The maximum Gasteiger partial charge on any atom is 0.201 e. The molecule has 6 nitrogen and oxygen atoms in total. The van der Waals surface area contributed by atoms with Crippen LogP contribution in [0.25, 0.3) is 10.9 Å². The first kappa shape index (κ1) is 25.7. The van der Waals surface area contributed by atoms with Crippen molar-refractivity contribution in [1.82, 2.24) is 4.57 Å². The predicted octanol–water partition coefficient (Wildman–Crippen LogP) is 3.68. The Labute approximate surface area is 185 Å². The van der Waals surface area contributed by atoms with E-state index in [4.69, 9.17) is 5.73 Å². The molecule has 0 aliphatic heterocycles. The molecule has 32 heavy (non-hydrogen) atoms. The van der Waals surface area contributed by atoms with Crippen LogP contribution >= 0.6 is 0 Å². The van der Waals surface area contributed by atoms with Gasteiger partial charge in [-0.1, -0.05) is 51.9 Å². The molecule has 1 aromatic carbocycles. The minimum Gasteiger partial charge on any atom is -0.545 e. The molecule has 0 fully saturated rings. The zero-order valence-electron chi connectivity index (χ0n) is 18.4. The summed E-state index contributed by atoms with van der Waals surface area (Å²) in [5, 5.41) is 12.9. The van der Waals surface area contributed by atoms with Gasteiger partial charge in [0.05, 0.1) is 22.4 Å². The molecular weight excluding hydrogens is 423 g/mol. The molecule has 0 atom stereocenters. The standard InChI is InChI=1S/C23H32F3N3O3/c1-2-3-4-5-6-7-8-9-13-29-14-15(23(31)32)22(30)16-17(24)18(25)20(19(26)21(16)29)28-12-10-11-27/h14,28H,2-13,27H2,1H3,(H,31,32)/p-1. The van der Waals surface area contributed by atoms with Crippen molar-refractivity contribution in [3.8, 4) is 0 Å². The number of halogens is 3. The fourth-order valence-electron chi connectivity index (χ4n) is 3.75. The van der Waals surface area contributed by atoms with Crippen LogP contribution in [0.4, 0.5) is 18.9 Å². The van der Waals surface area contributed by atoms with Crippen LogP contribution in [0.3, 0.4) is 0 Å². The highest BCUT2D eigenvalue weighted by atomic mass is 19.2. The molecule has 1 aromatic heterocycles. The highest BCUT2D eigenvalue weighted by Gasteiger charge is 2.25. The average molecular weight is 455 g/mol. The van der Waals surface area contributed by atoms with Gasteiger partial charge in [-0.15, -0.1) is 0 Å². The smallest absolute Gasteiger partial charge is 0.201 e. The minimum atomic E-state index is -1.83. The summed E-state index contributed by atoms with van der Waals surface area (Å²) in [5.74, 6) is -6.13. The molecule has 0 saturated heterocycles. The van der Waals surface area contributed by atoms with Crippen LogP contribution in [0.1, 0.15) is 75.1 Å². The number of fused-ring (bicyclic) bond motifs is 1. The average Bonchev–Trinajstić information content (AvgIpc) is 2.76. The summed E-state index contributed by atoms with van der Waals surface area (Å²) in [7, 11) is 0. The monoisotopic (exact) mass is 454 g/mol. The second kappa shape index (κ2) is 12.5. The molecule has 0 bridgehead atoms. The van der Waals surface area contributed by atoms with Gasteiger partial charge in [-0.2, -0.15) is 0 Å². The Bertz CT molecular complexity index is 992. The number of pyridine rings is 1. The van der Waals surface area contributed by atoms with Gasteiger partial charge in [0.2, 0.25) is 5.43 Å². The zero-order valence-corrected chi connectivity index (χ0v) is 18.4. The summed E-state index contributed by atoms with van der Waals surface area (Å²) in [6.07, 6.45) is 9.36. The summed E-state index contributed by atoms with van der Waals surface area (Å²) in [6.45, 7) is 2.66. The van der Waals surface area contributed by atoms with Crippen LogP contribution in [0.15, 0.2) is 11.0 Å². The fourth-order valence-corrected chi connectivity index (χ4v) is 3.75. The van der Waals surface area contributed by atoms with Crippen molar-refractivity contribution >= 4 is 22.6 Å². The lowest BCUT2D eigenvalue weighted by Gasteiger charge is -2.18. The number of nitrogens with zero attached hydrogens (tertiary/aromatic N) is 1. The van der Waals surface area contributed by atoms with Gasteiger partial charge >= 0.3 is 0 Å². The fraction of sp³-hybridized carbons (Fsp3) is 0.565. The molecule has 2 rings (SSSR count). The molecule has 3 N–H and O–H groups in total. The maximum absolute atomic E-state index is 15.2. The Kier molecular flexibility index (Phi) is 10.0. The number of rotatable bonds is 14. The largest absolute Gasteiger partial charge is 0.545 e. The minimum absolute atomic E-state index is 0.106. The third-order valence-electron chi connectivity index (χ3n) is 5.49. The first-order valence-corrected chi connectivity index (χ1v) is 11.2. The van der Waals surface area contributed by atoms with Crippen LogP contribution in [0, 0.1) is 17.5 Å². The molecule has 0 spiro atoms. The molecular formula is C23H31F3N3O3-. The molecule has 178 valence electrons. The molecule has 0 aliphatic rings. The van der Waals surface area contributed by atoms with Crippen molar-refractivity contribution in [1.29, 1.82) is 0 Å². The summed E-state index contributed by atoms with van der Waals surface area (Å²) in [5.41, 5.74) is 2.08. The number of nitrogens with two attached hydrogens (primary N) is 1. The second-order valence-corrected chi connectivity index (χ2v) is 7.94.